The first-order valence-electron chi connectivity index (χ1n) is 7.05. The number of carbonyl (C=O) groups excluding carboxylic acids is 1. The number of halogens is 3. The molecule has 0 aliphatic carbocycles. The smallest absolute Gasteiger partial charge is 0.322 e. The fraction of sp³-hybridized carbons (Fsp3) is 0.125. The Balaban J connectivity index is 2.16. The SMILES string of the molecule is Cc1cc(NC(=O)c2ccc(C#N)cc2)ccc1NS(=O)(=O)C(F)(F)F. The standard InChI is InChI=1S/C16H12F3N3O3S/c1-10-8-13(6-7-14(10)22-26(24,25)16(17,18)19)21-15(23)12-4-2-11(9-20)3-5-12/h2-8,22H,1H3,(H,21,23). The maximum absolute atomic E-state index is 12.4. The highest BCUT2D eigenvalue weighted by Gasteiger charge is 2.46. The zero-order valence-corrected chi connectivity index (χ0v) is 14.1. The molecule has 2 N–H and O–H groups in total. The van der Waals surface area contributed by atoms with Crippen LogP contribution in [0.4, 0.5) is 24.5 Å². The summed E-state index contributed by atoms with van der Waals surface area (Å²) in [5.74, 6) is -0.488. The average molecular weight is 383 g/mol. The average Bonchev–Trinajstić information content (AvgIpc) is 2.56. The van der Waals surface area contributed by atoms with Gasteiger partial charge in [-0.2, -0.15) is 26.9 Å². The predicted molar refractivity (Wildman–Crippen MR) is 88.9 cm³/mol. The molecule has 0 aliphatic heterocycles. The molecule has 0 unspecified atom stereocenters. The molecule has 0 fully saturated rings. The largest absolute Gasteiger partial charge is 0.516 e. The molecule has 0 aromatic heterocycles. The van der Waals surface area contributed by atoms with Crippen LogP contribution < -0.4 is 10.0 Å². The Bertz CT molecular complexity index is 979. The van der Waals surface area contributed by atoms with Crippen molar-refractivity contribution in [2.24, 2.45) is 0 Å². The molecule has 0 saturated carbocycles. The minimum Gasteiger partial charge on any atom is -0.322 e. The van der Waals surface area contributed by atoms with Gasteiger partial charge < -0.3 is 5.32 Å². The van der Waals surface area contributed by atoms with Gasteiger partial charge in [0.15, 0.2) is 0 Å². The Hall–Kier alpha value is -3.06. The predicted octanol–water partition coefficient (Wildman–Crippen LogP) is 3.38. The third kappa shape index (κ3) is 4.31. The van der Waals surface area contributed by atoms with E-state index in [1.807, 2.05) is 6.07 Å². The molecule has 26 heavy (non-hydrogen) atoms. The van der Waals surface area contributed by atoms with E-state index in [1.165, 1.54) is 48.0 Å². The molecule has 10 heteroatoms. The zero-order chi connectivity index (χ0) is 19.5. The van der Waals surface area contributed by atoms with E-state index in [-0.39, 0.29) is 22.5 Å². The highest BCUT2D eigenvalue weighted by Crippen LogP contribution is 2.28. The van der Waals surface area contributed by atoms with E-state index in [1.54, 1.807) is 0 Å². The minimum atomic E-state index is -5.52. The van der Waals surface area contributed by atoms with Crippen molar-refractivity contribution in [3.63, 3.8) is 0 Å². The van der Waals surface area contributed by atoms with Crippen LogP contribution >= 0.6 is 0 Å². The number of hydrogen-bond donors (Lipinski definition) is 2. The van der Waals surface area contributed by atoms with Gasteiger partial charge in [0.25, 0.3) is 5.91 Å². The summed E-state index contributed by atoms with van der Waals surface area (Å²) in [7, 11) is -5.52. The van der Waals surface area contributed by atoms with Gasteiger partial charge in [0.2, 0.25) is 0 Å². The molecule has 0 spiro atoms. The van der Waals surface area contributed by atoms with E-state index in [9.17, 15) is 26.4 Å². The van der Waals surface area contributed by atoms with Crippen LogP contribution in [0.5, 0.6) is 0 Å². The van der Waals surface area contributed by atoms with Crippen molar-refractivity contribution in [3.8, 4) is 6.07 Å². The van der Waals surface area contributed by atoms with E-state index >= 15 is 0 Å². The number of alkyl halides is 3. The number of anilines is 2. The third-order valence-corrected chi connectivity index (χ3v) is 4.41. The van der Waals surface area contributed by atoms with Gasteiger partial charge in [0.1, 0.15) is 0 Å². The number of rotatable bonds is 4. The van der Waals surface area contributed by atoms with Crippen molar-refractivity contribution >= 4 is 27.3 Å². The summed E-state index contributed by atoms with van der Waals surface area (Å²) in [6.07, 6.45) is 0. The number of benzene rings is 2. The van der Waals surface area contributed by atoms with Gasteiger partial charge in [-0.05, 0) is 55.0 Å². The number of hydrogen-bond acceptors (Lipinski definition) is 4. The second-order valence-electron chi connectivity index (χ2n) is 5.22. The number of nitrogens with zero attached hydrogens (tertiary/aromatic N) is 1. The van der Waals surface area contributed by atoms with Gasteiger partial charge in [-0.25, -0.2) is 0 Å². The molecule has 1 amide bonds. The van der Waals surface area contributed by atoms with Gasteiger partial charge >= 0.3 is 15.5 Å². The summed E-state index contributed by atoms with van der Waals surface area (Å²) >= 11 is 0. The molecular formula is C16H12F3N3O3S. The second kappa shape index (κ2) is 7.05. The van der Waals surface area contributed by atoms with E-state index in [2.05, 4.69) is 5.32 Å². The number of nitrogens with one attached hydrogen (secondary N) is 2. The Morgan fingerprint density at radius 3 is 2.23 bits per heavy atom. The summed E-state index contributed by atoms with van der Waals surface area (Å²) < 4.78 is 61.0. The van der Waals surface area contributed by atoms with Crippen LogP contribution in [-0.4, -0.2) is 19.8 Å². The first kappa shape index (κ1) is 19.3. The lowest BCUT2D eigenvalue weighted by Crippen LogP contribution is -2.30. The molecule has 0 heterocycles. The summed E-state index contributed by atoms with van der Waals surface area (Å²) in [4.78, 5) is 12.1. The van der Waals surface area contributed by atoms with Crippen LogP contribution in [0.15, 0.2) is 42.5 Å². The quantitative estimate of drug-likeness (QED) is 0.845. The highest BCUT2D eigenvalue weighted by molar-refractivity contribution is 7.93. The number of aryl methyl sites for hydroxylation is 1. The summed E-state index contributed by atoms with van der Waals surface area (Å²) in [5.41, 5.74) is -4.55. The molecule has 6 nitrogen and oxygen atoms in total. The number of amides is 1. The number of carbonyl (C=O) groups is 1. The molecule has 2 rings (SSSR count). The van der Waals surface area contributed by atoms with E-state index in [0.29, 0.717) is 5.56 Å². The fourth-order valence-corrected chi connectivity index (χ4v) is 2.59. The first-order chi connectivity index (χ1) is 12.0. The van der Waals surface area contributed by atoms with Crippen LogP contribution in [0.25, 0.3) is 0 Å². The lowest BCUT2D eigenvalue weighted by atomic mass is 10.1. The Morgan fingerprint density at radius 1 is 1.12 bits per heavy atom. The van der Waals surface area contributed by atoms with Crippen molar-refractivity contribution in [1.82, 2.24) is 0 Å². The molecule has 0 bridgehead atoms. The third-order valence-electron chi connectivity index (χ3n) is 3.31. The number of nitriles is 1. The molecule has 136 valence electrons. The van der Waals surface area contributed by atoms with E-state index in [0.717, 1.165) is 6.07 Å². The van der Waals surface area contributed by atoms with Gasteiger partial charge in [0, 0.05) is 11.3 Å². The topological polar surface area (TPSA) is 99.1 Å². The van der Waals surface area contributed by atoms with Crippen LogP contribution in [0, 0.1) is 18.3 Å². The van der Waals surface area contributed by atoms with Gasteiger partial charge in [-0.15, -0.1) is 0 Å². The van der Waals surface area contributed by atoms with Crippen LogP contribution in [-0.2, 0) is 10.0 Å². The van der Waals surface area contributed by atoms with Crippen molar-refractivity contribution in [2.75, 3.05) is 10.0 Å². The Morgan fingerprint density at radius 2 is 1.73 bits per heavy atom. The zero-order valence-electron chi connectivity index (χ0n) is 13.3. The number of sulfonamides is 1. The molecule has 2 aromatic carbocycles. The monoisotopic (exact) mass is 383 g/mol. The molecule has 0 radical (unpaired) electrons. The van der Waals surface area contributed by atoms with Gasteiger partial charge in [0.05, 0.1) is 17.3 Å². The highest BCUT2D eigenvalue weighted by atomic mass is 32.2. The lowest BCUT2D eigenvalue weighted by molar-refractivity contribution is -0.0429. The molecule has 0 saturated heterocycles. The Kier molecular flexibility index (Phi) is 5.22. The second-order valence-corrected chi connectivity index (χ2v) is 6.90. The van der Waals surface area contributed by atoms with Crippen LogP contribution in [0.2, 0.25) is 0 Å². The maximum Gasteiger partial charge on any atom is 0.516 e. The molecular weight excluding hydrogens is 371 g/mol. The van der Waals surface area contributed by atoms with Crippen molar-refractivity contribution < 1.29 is 26.4 Å². The summed E-state index contributed by atoms with van der Waals surface area (Å²) in [6.45, 7) is 1.39. The fourth-order valence-electron chi connectivity index (χ4n) is 1.96. The summed E-state index contributed by atoms with van der Waals surface area (Å²) in [6, 6.07) is 11.5. The first-order valence-corrected chi connectivity index (χ1v) is 8.53. The van der Waals surface area contributed by atoms with Crippen molar-refractivity contribution in [3.05, 3.63) is 59.2 Å². The Labute approximate surface area is 147 Å². The molecule has 2 aromatic rings. The molecule has 0 atom stereocenters. The summed E-state index contributed by atoms with van der Waals surface area (Å²) in [5, 5.41) is 11.3. The van der Waals surface area contributed by atoms with Gasteiger partial charge in [-0.1, -0.05) is 0 Å². The minimum absolute atomic E-state index is 0.190. The normalized spacial score (nSPS) is 11.5. The van der Waals surface area contributed by atoms with Crippen molar-refractivity contribution in [2.45, 2.75) is 12.4 Å². The maximum atomic E-state index is 12.4. The van der Waals surface area contributed by atoms with E-state index < -0.39 is 21.4 Å². The van der Waals surface area contributed by atoms with Crippen LogP contribution in [0.3, 0.4) is 0 Å². The van der Waals surface area contributed by atoms with E-state index in [4.69, 9.17) is 5.26 Å². The van der Waals surface area contributed by atoms with Gasteiger partial charge in [-0.3, -0.25) is 9.52 Å². The molecule has 0 aliphatic rings. The lowest BCUT2D eigenvalue weighted by Gasteiger charge is -2.14. The van der Waals surface area contributed by atoms with Crippen molar-refractivity contribution in [1.29, 1.82) is 5.26 Å². The van der Waals surface area contributed by atoms with Crippen LogP contribution in [0.1, 0.15) is 21.5 Å².